The van der Waals surface area contributed by atoms with E-state index >= 15 is 0 Å². The van der Waals surface area contributed by atoms with Crippen LogP contribution in [-0.4, -0.2) is 56.1 Å². The van der Waals surface area contributed by atoms with Gasteiger partial charge in [0.1, 0.15) is 0 Å². The van der Waals surface area contributed by atoms with Crippen molar-refractivity contribution in [1.29, 1.82) is 0 Å². The summed E-state index contributed by atoms with van der Waals surface area (Å²) >= 11 is 10.6. The third kappa shape index (κ3) is 6.32. The average Bonchev–Trinajstić information content (AvgIpc) is 3.34. The van der Waals surface area contributed by atoms with E-state index in [-0.39, 0.29) is 10.6 Å². The van der Waals surface area contributed by atoms with Crippen molar-refractivity contribution < 1.29 is 19.1 Å². The summed E-state index contributed by atoms with van der Waals surface area (Å²) in [6.45, 7) is 3.81. The van der Waals surface area contributed by atoms with E-state index in [0.717, 1.165) is 21.3 Å². The molecule has 0 atom stereocenters. The number of thioether (sulfide) groups is 6. The predicted molar refractivity (Wildman–Crippen MR) is 131 cm³/mol. The number of nitro groups is 1. The highest BCUT2D eigenvalue weighted by molar-refractivity contribution is 8.42. The minimum absolute atomic E-state index is 0.143. The van der Waals surface area contributed by atoms with E-state index in [1.165, 1.54) is 16.9 Å². The molecular weight excluding hydrogens is 503 g/mol. The summed E-state index contributed by atoms with van der Waals surface area (Å²) in [5.41, 5.74) is 0.143. The lowest BCUT2D eigenvalue weighted by molar-refractivity contribution is -0.385. The van der Waals surface area contributed by atoms with Crippen LogP contribution in [0.25, 0.3) is 0 Å². The molecule has 0 aromatic heterocycles. The molecule has 3 aliphatic heterocycles. The largest absolute Gasteiger partial charge is 0.378 e. The second kappa shape index (κ2) is 11.8. The minimum atomic E-state index is -0.337. The number of non-ortho nitro benzene ring substituents is 1. The second-order valence-corrected chi connectivity index (χ2v) is 13.4. The van der Waals surface area contributed by atoms with Crippen LogP contribution in [0.4, 0.5) is 5.69 Å². The van der Waals surface area contributed by atoms with Gasteiger partial charge in [-0.25, -0.2) is 0 Å². The van der Waals surface area contributed by atoms with Crippen LogP contribution in [0, 0.1) is 10.1 Å². The SMILES string of the molecule is O=[N+]([O-])c1ccc2c(c1)SC(=C1SC3=C(SCCOCCOCCOCCS3)S1)S2. The number of ether oxygens (including phenoxy) is 3. The van der Waals surface area contributed by atoms with Gasteiger partial charge in [-0.15, -0.1) is 23.5 Å². The van der Waals surface area contributed by atoms with Crippen LogP contribution in [-0.2, 0) is 14.2 Å². The van der Waals surface area contributed by atoms with Crippen LogP contribution in [0.3, 0.4) is 0 Å². The molecular formula is C18H19NO5S6. The summed E-state index contributed by atoms with van der Waals surface area (Å²) in [6.07, 6.45) is 0. The summed E-state index contributed by atoms with van der Waals surface area (Å²) in [7, 11) is 0. The summed E-state index contributed by atoms with van der Waals surface area (Å²) in [5.74, 6) is 1.80. The molecule has 0 fully saturated rings. The first-order valence-electron chi connectivity index (χ1n) is 9.18. The van der Waals surface area contributed by atoms with E-state index in [1.54, 1.807) is 59.2 Å². The molecule has 0 spiro atoms. The third-order valence-electron chi connectivity index (χ3n) is 3.91. The summed E-state index contributed by atoms with van der Waals surface area (Å²) in [4.78, 5) is 12.8. The fourth-order valence-corrected chi connectivity index (χ4v) is 11.0. The van der Waals surface area contributed by atoms with Crippen LogP contribution < -0.4 is 0 Å². The second-order valence-electron chi connectivity index (χ2n) is 5.98. The zero-order chi connectivity index (χ0) is 20.8. The van der Waals surface area contributed by atoms with Crippen LogP contribution >= 0.6 is 70.6 Å². The van der Waals surface area contributed by atoms with Gasteiger partial charge in [-0.2, -0.15) is 0 Å². The highest BCUT2D eigenvalue weighted by atomic mass is 32.3. The standard InChI is InChI=1S/C18H19NO5S6/c20-19(21)12-1-2-13-14(11-12)28-17(27-13)18-29-15-16(30-18)26-10-8-24-6-4-22-3-5-23-7-9-25-15/h1-2,11H,3-10H2. The summed E-state index contributed by atoms with van der Waals surface area (Å²) in [6, 6.07) is 5.10. The molecule has 1 aromatic carbocycles. The lowest BCUT2D eigenvalue weighted by Crippen LogP contribution is -2.11. The van der Waals surface area contributed by atoms with Crippen molar-refractivity contribution in [2.75, 3.05) is 51.1 Å². The molecule has 3 aliphatic rings. The molecule has 4 rings (SSSR count). The van der Waals surface area contributed by atoms with E-state index in [9.17, 15) is 10.1 Å². The van der Waals surface area contributed by atoms with Crippen LogP contribution in [0.5, 0.6) is 0 Å². The maximum atomic E-state index is 11.1. The molecule has 0 radical (unpaired) electrons. The van der Waals surface area contributed by atoms with Gasteiger partial charge in [0.05, 0.1) is 61.5 Å². The molecule has 0 unspecified atom stereocenters. The van der Waals surface area contributed by atoms with Crippen molar-refractivity contribution in [3.63, 3.8) is 0 Å². The Bertz CT molecular complexity index is 833. The smallest absolute Gasteiger partial charge is 0.270 e. The first-order valence-corrected chi connectivity index (χ1v) is 14.4. The molecule has 162 valence electrons. The number of nitrogens with zero attached hydrogens (tertiary/aromatic N) is 1. The highest BCUT2D eigenvalue weighted by Gasteiger charge is 2.30. The number of fused-ring (bicyclic) bond motifs is 1. The quantitative estimate of drug-likeness (QED) is 0.320. The van der Waals surface area contributed by atoms with E-state index < -0.39 is 0 Å². The maximum absolute atomic E-state index is 11.1. The zero-order valence-electron chi connectivity index (χ0n) is 15.8. The van der Waals surface area contributed by atoms with Crippen molar-refractivity contribution >= 4 is 76.3 Å². The van der Waals surface area contributed by atoms with Crippen molar-refractivity contribution in [2.24, 2.45) is 0 Å². The topological polar surface area (TPSA) is 70.8 Å². The van der Waals surface area contributed by atoms with Crippen molar-refractivity contribution in [3.05, 3.63) is 45.3 Å². The van der Waals surface area contributed by atoms with E-state index in [4.69, 9.17) is 14.2 Å². The Hall–Kier alpha value is 0.0800. The minimum Gasteiger partial charge on any atom is -0.378 e. The predicted octanol–water partition coefficient (Wildman–Crippen LogP) is 6.06. The Morgan fingerprint density at radius 3 is 1.83 bits per heavy atom. The molecule has 0 N–H and O–H groups in total. The normalized spacial score (nSPS) is 21.7. The first kappa shape index (κ1) is 23.2. The van der Waals surface area contributed by atoms with Gasteiger partial charge in [-0.05, 0) is 6.07 Å². The van der Waals surface area contributed by atoms with Gasteiger partial charge in [0.25, 0.3) is 5.69 Å². The Balaban J connectivity index is 1.43. The fraction of sp³-hybridized carbons (Fsp3) is 0.444. The number of benzene rings is 1. The molecule has 30 heavy (non-hydrogen) atoms. The average molecular weight is 522 g/mol. The Labute approximate surface area is 200 Å². The third-order valence-corrected chi connectivity index (χ3v) is 12.4. The van der Waals surface area contributed by atoms with Crippen LogP contribution in [0.2, 0.25) is 0 Å². The van der Waals surface area contributed by atoms with Gasteiger partial charge in [0.2, 0.25) is 0 Å². The van der Waals surface area contributed by atoms with Gasteiger partial charge < -0.3 is 14.2 Å². The Morgan fingerprint density at radius 1 is 0.700 bits per heavy atom. The molecule has 0 saturated heterocycles. The van der Waals surface area contributed by atoms with Gasteiger partial charge in [0, 0.05) is 33.4 Å². The zero-order valence-corrected chi connectivity index (χ0v) is 20.7. The molecule has 6 nitrogen and oxygen atoms in total. The molecule has 0 amide bonds. The molecule has 0 bridgehead atoms. The Kier molecular flexibility index (Phi) is 9.14. The highest BCUT2D eigenvalue weighted by Crippen LogP contribution is 2.64. The Morgan fingerprint density at radius 2 is 1.23 bits per heavy atom. The number of hydrogen-bond acceptors (Lipinski definition) is 11. The lowest BCUT2D eigenvalue weighted by Gasteiger charge is -2.06. The van der Waals surface area contributed by atoms with E-state index in [0.29, 0.717) is 39.6 Å². The molecule has 1 aromatic rings. The van der Waals surface area contributed by atoms with Gasteiger partial charge in [0.15, 0.2) is 0 Å². The van der Waals surface area contributed by atoms with Crippen LogP contribution in [0.1, 0.15) is 0 Å². The monoisotopic (exact) mass is 521 g/mol. The van der Waals surface area contributed by atoms with E-state index in [1.807, 2.05) is 29.6 Å². The summed E-state index contributed by atoms with van der Waals surface area (Å²) in [5, 5.41) is 11.1. The molecule has 0 aliphatic carbocycles. The van der Waals surface area contributed by atoms with E-state index in [2.05, 4.69) is 0 Å². The fourth-order valence-electron chi connectivity index (χ4n) is 2.54. The van der Waals surface area contributed by atoms with Crippen molar-refractivity contribution in [3.8, 4) is 0 Å². The number of hydrogen-bond donors (Lipinski definition) is 0. The first-order chi connectivity index (χ1) is 14.7. The van der Waals surface area contributed by atoms with Crippen molar-refractivity contribution in [1.82, 2.24) is 0 Å². The summed E-state index contributed by atoms with van der Waals surface area (Å²) < 4.78 is 21.9. The van der Waals surface area contributed by atoms with Gasteiger partial charge in [-0.3, -0.25) is 10.1 Å². The van der Waals surface area contributed by atoms with Gasteiger partial charge in [-0.1, -0.05) is 47.0 Å². The number of nitro benzene ring substituents is 1. The van der Waals surface area contributed by atoms with Crippen LogP contribution in [0.15, 0.2) is 44.9 Å². The molecule has 0 saturated carbocycles. The molecule has 12 heteroatoms. The van der Waals surface area contributed by atoms with Crippen molar-refractivity contribution in [2.45, 2.75) is 9.79 Å². The molecule has 3 heterocycles. The maximum Gasteiger partial charge on any atom is 0.270 e. The van der Waals surface area contributed by atoms with Gasteiger partial charge >= 0.3 is 0 Å². The number of rotatable bonds is 1. The lowest BCUT2D eigenvalue weighted by atomic mass is 10.3.